The topological polar surface area (TPSA) is 62.3 Å². The van der Waals surface area contributed by atoms with E-state index in [4.69, 9.17) is 0 Å². The molecule has 0 spiro atoms. The summed E-state index contributed by atoms with van der Waals surface area (Å²) in [4.78, 5) is 29.7. The number of carbonyl (C=O) groups is 2. The van der Waals surface area contributed by atoms with Crippen molar-refractivity contribution in [2.24, 2.45) is 0 Å². The van der Waals surface area contributed by atoms with E-state index in [9.17, 15) is 9.59 Å². The highest BCUT2D eigenvalue weighted by Gasteiger charge is 2.27. The van der Waals surface area contributed by atoms with E-state index in [1.807, 2.05) is 26.0 Å². The fraction of sp³-hybridized carbons (Fsp3) is 0.500. The molecule has 1 aromatic rings. The molecule has 0 radical (unpaired) electrons. The number of aromatic nitrogens is 1. The van der Waals surface area contributed by atoms with Crippen molar-refractivity contribution in [1.82, 2.24) is 15.2 Å². The van der Waals surface area contributed by atoms with Gasteiger partial charge in [-0.3, -0.25) is 14.6 Å². The van der Waals surface area contributed by atoms with Crippen LogP contribution >= 0.6 is 0 Å². The first kappa shape index (κ1) is 15.3. The minimum Gasteiger partial charge on any atom is -0.337 e. The van der Waals surface area contributed by atoms with Crippen molar-refractivity contribution in [2.75, 3.05) is 20.1 Å². The Kier molecular flexibility index (Phi) is 6.15. The van der Waals surface area contributed by atoms with E-state index in [0.29, 0.717) is 19.5 Å². The van der Waals surface area contributed by atoms with Crippen LogP contribution in [0.3, 0.4) is 0 Å². The predicted octanol–water partition coefficient (Wildman–Crippen LogP) is 0.650. The van der Waals surface area contributed by atoms with Crippen LogP contribution in [0.25, 0.3) is 0 Å². The number of carbonyl (C=O) groups excluding carboxylic acids is 2. The normalized spacial score (nSPS) is 11.9. The molecule has 1 amide bonds. The lowest BCUT2D eigenvalue weighted by atomic mass is 10.0. The second-order valence-electron chi connectivity index (χ2n) is 4.25. The maximum Gasteiger partial charge on any atom is 0.291 e. The largest absolute Gasteiger partial charge is 0.337 e. The smallest absolute Gasteiger partial charge is 0.291 e. The van der Waals surface area contributed by atoms with E-state index in [2.05, 4.69) is 10.3 Å². The van der Waals surface area contributed by atoms with Gasteiger partial charge in [-0.15, -0.1) is 0 Å². The molecule has 1 heterocycles. The Morgan fingerprint density at radius 2 is 2.05 bits per heavy atom. The van der Waals surface area contributed by atoms with Crippen LogP contribution in [0.4, 0.5) is 0 Å². The van der Waals surface area contributed by atoms with Gasteiger partial charge in [-0.2, -0.15) is 0 Å². The molecule has 5 nitrogen and oxygen atoms in total. The fourth-order valence-electron chi connectivity index (χ4n) is 1.90. The molecule has 0 fully saturated rings. The third kappa shape index (κ3) is 4.13. The number of rotatable bonds is 7. The van der Waals surface area contributed by atoms with Gasteiger partial charge in [-0.1, -0.05) is 6.07 Å². The van der Waals surface area contributed by atoms with Crippen molar-refractivity contribution in [3.05, 3.63) is 30.1 Å². The van der Waals surface area contributed by atoms with Crippen molar-refractivity contribution in [3.63, 3.8) is 0 Å². The standard InChI is InChI=1S/C14H21N3O2/c1-4-17(5-2)14(19)13(18)12(15-3)9-11-7-6-8-16-10-11/h6-8,10,12,15H,4-5,9H2,1-3H3. The van der Waals surface area contributed by atoms with Crippen molar-refractivity contribution in [1.29, 1.82) is 0 Å². The molecule has 1 atom stereocenters. The van der Waals surface area contributed by atoms with Crippen molar-refractivity contribution in [2.45, 2.75) is 26.3 Å². The SMILES string of the molecule is CCN(CC)C(=O)C(=O)C(Cc1cccnc1)NC. The molecule has 1 unspecified atom stereocenters. The van der Waals surface area contributed by atoms with Crippen molar-refractivity contribution in [3.8, 4) is 0 Å². The van der Waals surface area contributed by atoms with Crippen LogP contribution in [-0.2, 0) is 16.0 Å². The maximum atomic E-state index is 12.2. The highest BCUT2D eigenvalue weighted by molar-refractivity contribution is 6.38. The third-order valence-corrected chi connectivity index (χ3v) is 3.09. The summed E-state index contributed by atoms with van der Waals surface area (Å²) in [7, 11) is 1.69. The molecule has 1 rings (SSSR count). The molecular weight excluding hydrogens is 242 g/mol. The Bertz CT molecular complexity index is 416. The third-order valence-electron chi connectivity index (χ3n) is 3.09. The first-order chi connectivity index (χ1) is 9.13. The van der Waals surface area contributed by atoms with Gasteiger partial charge in [0.15, 0.2) is 0 Å². The zero-order chi connectivity index (χ0) is 14.3. The summed E-state index contributed by atoms with van der Waals surface area (Å²) in [6.07, 6.45) is 3.86. The summed E-state index contributed by atoms with van der Waals surface area (Å²) < 4.78 is 0. The number of hydrogen-bond acceptors (Lipinski definition) is 4. The molecule has 0 aliphatic heterocycles. The second kappa shape index (κ2) is 7.63. The molecule has 0 saturated carbocycles. The van der Waals surface area contributed by atoms with Gasteiger partial charge in [0.1, 0.15) is 0 Å². The van der Waals surface area contributed by atoms with Gasteiger partial charge in [-0.05, 0) is 38.9 Å². The molecule has 0 aromatic carbocycles. The average Bonchev–Trinajstić information content (AvgIpc) is 2.46. The van der Waals surface area contributed by atoms with Crippen LogP contribution in [0.5, 0.6) is 0 Å². The van der Waals surface area contributed by atoms with Crippen LogP contribution in [0.2, 0.25) is 0 Å². The van der Waals surface area contributed by atoms with Crippen molar-refractivity contribution < 1.29 is 9.59 Å². The fourth-order valence-corrected chi connectivity index (χ4v) is 1.90. The van der Waals surface area contributed by atoms with E-state index in [-0.39, 0.29) is 0 Å². The van der Waals surface area contributed by atoms with Gasteiger partial charge in [0, 0.05) is 25.5 Å². The van der Waals surface area contributed by atoms with Gasteiger partial charge >= 0.3 is 0 Å². The molecule has 19 heavy (non-hydrogen) atoms. The monoisotopic (exact) mass is 263 g/mol. The molecule has 0 aliphatic rings. The Labute approximate surface area is 114 Å². The van der Waals surface area contributed by atoms with Gasteiger partial charge in [0.2, 0.25) is 5.78 Å². The summed E-state index contributed by atoms with van der Waals surface area (Å²) >= 11 is 0. The summed E-state index contributed by atoms with van der Waals surface area (Å²) in [5.74, 6) is -0.816. The Hall–Kier alpha value is -1.75. The predicted molar refractivity (Wildman–Crippen MR) is 73.7 cm³/mol. The summed E-state index contributed by atoms with van der Waals surface area (Å²) in [6, 6.07) is 3.21. The number of nitrogens with zero attached hydrogens (tertiary/aromatic N) is 2. The zero-order valence-electron chi connectivity index (χ0n) is 11.7. The van der Waals surface area contributed by atoms with E-state index in [0.717, 1.165) is 5.56 Å². The Morgan fingerprint density at radius 1 is 1.37 bits per heavy atom. The number of pyridine rings is 1. The lowest BCUT2D eigenvalue weighted by Crippen LogP contribution is -2.47. The van der Waals surface area contributed by atoms with Crippen molar-refractivity contribution >= 4 is 11.7 Å². The van der Waals surface area contributed by atoms with Crippen LogP contribution in [-0.4, -0.2) is 47.8 Å². The lowest BCUT2D eigenvalue weighted by molar-refractivity contribution is -0.145. The first-order valence-corrected chi connectivity index (χ1v) is 6.53. The average molecular weight is 263 g/mol. The maximum absolute atomic E-state index is 12.2. The zero-order valence-corrected chi connectivity index (χ0v) is 11.7. The first-order valence-electron chi connectivity index (χ1n) is 6.53. The molecule has 1 N–H and O–H groups in total. The number of nitrogens with one attached hydrogen (secondary N) is 1. The molecular formula is C14H21N3O2. The van der Waals surface area contributed by atoms with E-state index in [1.165, 1.54) is 4.90 Å². The van der Waals surface area contributed by atoms with E-state index >= 15 is 0 Å². The number of Topliss-reactive ketones (excluding diaryl/α,β-unsaturated/α-hetero) is 1. The van der Waals surface area contributed by atoms with Crippen LogP contribution in [0, 0.1) is 0 Å². The Balaban J connectivity index is 2.74. The Morgan fingerprint density at radius 3 is 2.53 bits per heavy atom. The highest BCUT2D eigenvalue weighted by atomic mass is 16.2. The second-order valence-corrected chi connectivity index (χ2v) is 4.25. The van der Waals surface area contributed by atoms with Gasteiger partial charge in [-0.25, -0.2) is 0 Å². The molecule has 104 valence electrons. The number of likely N-dealkylation sites (N-methyl/N-ethyl adjacent to an activating group) is 2. The van der Waals surface area contributed by atoms with E-state index < -0.39 is 17.7 Å². The quantitative estimate of drug-likeness (QED) is 0.734. The summed E-state index contributed by atoms with van der Waals surface area (Å²) in [6.45, 7) is 4.82. The van der Waals surface area contributed by atoms with Crippen LogP contribution < -0.4 is 5.32 Å². The van der Waals surface area contributed by atoms with Crippen LogP contribution in [0.1, 0.15) is 19.4 Å². The molecule has 0 saturated heterocycles. The summed E-state index contributed by atoms with van der Waals surface area (Å²) in [5, 5.41) is 2.91. The van der Waals surface area contributed by atoms with Gasteiger partial charge in [0.05, 0.1) is 6.04 Å². The highest BCUT2D eigenvalue weighted by Crippen LogP contribution is 2.04. The van der Waals surface area contributed by atoms with Crippen LogP contribution in [0.15, 0.2) is 24.5 Å². The molecule has 1 aromatic heterocycles. The number of hydrogen-bond donors (Lipinski definition) is 1. The summed E-state index contributed by atoms with van der Waals surface area (Å²) in [5.41, 5.74) is 0.933. The van der Waals surface area contributed by atoms with Gasteiger partial charge in [0.25, 0.3) is 5.91 Å². The minimum atomic E-state index is -0.503. The minimum absolute atomic E-state index is 0.393. The van der Waals surface area contributed by atoms with E-state index in [1.54, 1.807) is 19.4 Å². The molecule has 5 heteroatoms. The molecule has 0 bridgehead atoms. The number of ketones is 1. The number of amides is 1. The van der Waals surface area contributed by atoms with Gasteiger partial charge < -0.3 is 10.2 Å². The lowest BCUT2D eigenvalue weighted by Gasteiger charge is -2.21. The molecule has 0 aliphatic carbocycles.